The second-order valence-electron chi connectivity index (χ2n) is 8.03. The van der Waals surface area contributed by atoms with E-state index in [4.69, 9.17) is 18.0 Å². The van der Waals surface area contributed by atoms with Crippen molar-refractivity contribution in [2.24, 2.45) is 0 Å². The number of amides is 1. The maximum absolute atomic E-state index is 13.7. The zero-order valence-corrected chi connectivity index (χ0v) is 20.2. The number of hydrogen-bond donors (Lipinski definition) is 4. The number of hydrogen-bond acceptors (Lipinski definition) is 4. The molecule has 1 unspecified atom stereocenters. The van der Waals surface area contributed by atoms with Crippen molar-refractivity contribution in [1.29, 1.82) is 0 Å². The van der Waals surface area contributed by atoms with Crippen LogP contribution in [-0.4, -0.2) is 24.1 Å². The molecule has 1 aliphatic heterocycles. The van der Waals surface area contributed by atoms with Gasteiger partial charge in [-0.2, -0.15) is 0 Å². The first-order valence-corrected chi connectivity index (χ1v) is 11.8. The van der Waals surface area contributed by atoms with Crippen LogP contribution in [0.4, 0.5) is 17.1 Å². The Labute approximate surface area is 205 Å². The smallest absolute Gasteiger partial charge is 0.256 e. The summed E-state index contributed by atoms with van der Waals surface area (Å²) in [4.78, 5) is 15.9. The number of nitrogens with zero attached hydrogens (tertiary/aromatic N) is 1. The summed E-state index contributed by atoms with van der Waals surface area (Å²) in [5, 5.41) is 10.0. The van der Waals surface area contributed by atoms with Gasteiger partial charge in [0.05, 0.1) is 17.3 Å². The maximum Gasteiger partial charge on any atom is 0.256 e. The summed E-state index contributed by atoms with van der Waals surface area (Å²) in [6, 6.07) is 24.7. The van der Waals surface area contributed by atoms with Crippen LogP contribution < -0.4 is 26.6 Å². The van der Waals surface area contributed by atoms with Crippen molar-refractivity contribution < 1.29 is 4.79 Å². The third-order valence-corrected chi connectivity index (χ3v) is 6.12. The minimum Gasteiger partial charge on any atom is -0.399 e. The zero-order valence-electron chi connectivity index (χ0n) is 19.3. The standard InChI is InChI=1S/C27H29N5OS/c1-3-32(4-2)22-16-10-19(11-17-22)25-23(26(33)29-21-14-12-20(28)13-15-21)24(30-27(34)31-25)18-8-6-5-7-9-18/h5-17,25H,3-4,28H2,1-2H3,(H,29,33)(H2,30,31,34). The Morgan fingerprint density at radius 1 is 0.971 bits per heavy atom. The zero-order chi connectivity index (χ0) is 24.1. The van der Waals surface area contributed by atoms with Gasteiger partial charge in [-0.25, -0.2) is 0 Å². The average Bonchev–Trinajstić information content (AvgIpc) is 2.86. The predicted molar refractivity (Wildman–Crippen MR) is 144 cm³/mol. The van der Waals surface area contributed by atoms with Gasteiger partial charge in [0.15, 0.2) is 5.11 Å². The molecule has 3 aromatic carbocycles. The van der Waals surface area contributed by atoms with E-state index in [9.17, 15) is 4.79 Å². The quantitative estimate of drug-likeness (QED) is 0.296. The monoisotopic (exact) mass is 471 g/mol. The van der Waals surface area contributed by atoms with Crippen molar-refractivity contribution in [3.63, 3.8) is 0 Å². The Hall–Kier alpha value is -3.84. The number of carbonyl (C=O) groups is 1. The van der Waals surface area contributed by atoms with E-state index in [0.717, 1.165) is 29.9 Å². The lowest BCUT2D eigenvalue weighted by atomic mass is 9.92. The van der Waals surface area contributed by atoms with Crippen LogP contribution in [-0.2, 0) is 4.79 Å². The molecule has 1 amide bonds. The fourth-order valence-corrected chi connectivity index (χ4v) is 4.34. The highest BCUT2D eigenvalue weighted by Gasteiger charge is 2.32. The molecular weight excluding hydrogens is 442 g/mol. The van der Waals surface area contributed by atoms with Crippen LogP contribution in [0.15, 0.2) is 84.4 Å². The largest absolute Gasteiger partial charge is 0.399 e. The first-order chi connectivity index (χ1) is 16.5. The first-order valence-electron chi connectivity index (χ1n) is 11.4. The van der Waals surface area contributed by atoms with Gasteiger partial charge in [-0.15, -0.1) is 0 Å². The van der Waals surface area contributed by atoms with Gasteiger partial charge in [0.1, 0.15) is 0 Å². The number of nitrogen functional groups attached to an aromatic ring is 1. The van der Waals surface area contributed by atoms with E-state index in [2.05, 4.69) is 59.0 Å². The summed E-state index contributed by atoms with van der Waals surface area (Å²) < 4.78 is 0. The van der Waals surface area contributed by atoms with E-state index in [-0.39, 0.29) is 5.91 Å². The van der Waals surface area contributed by atoms with Crippen LogP contribution in [0.25, 0.3) is 5.70 Å². The lowest BCUT2D eigenvalue weighted by Crippen LogP contribution is -2.45. The highest BCUT2D eigenvalue weighted by atomic mass is 32.1. The first kappa shape index (κ1) is 23.3. The van der Waals surface area contributed by atoms with Crippen LogP contribution in [0.5, 0.6) is 0 Å². The fraction of sp³-hybridized carbons (Fsp3) is 0.185. The van der Waals surface area contributed by atoms with Crippen molar-refractivity contribution in [2.45, 2.75) is 19.9 Å². The molecule has 0 fully saturated rings. The minimum absolute atomic E-state index is 0.219. The third kappa shape index (κ3) is 5.05. The van der Waals surface area contributed by atoms with Crippen molar-refractivity contribution in [2.75, 3.05) is 29.0 Å². The molecule has 0 aromatic heterocycles. The molecule has 7 heteroatoms. The number of rotatable bonds is 7. The topological polar surface area (TPSA) is 82.4 Å². The second-order valence-corrected chi connectivity index (χ2v) is 8.43. The molecule has 34 heavy (non-hydrogen) atoms. The Morgan fingerprint density at radius 2 is 1.62 bits per heavy atom. The molecular formula is C27H29N5OS. The number of nitrogens with one attached hydrogen (secondary N) is 3. The van der Waals surface area contributed by atoms with Crippen LogP contribution in [0.2, 0.25) is 0 Å². The Kier molecular flexibility index (Phi) is 7.13. The number of carbonyl (C=O) groups excluding carboxylic acids is 1. The van der Waals surface area contributed by atoms with E-state index in [0.29, 0.717) is 27.8 Å². The maximum atomic E-state index is 13.7. The second kappa shape index (κ2) is 10.4. The number of nitrogens with two attached hydrogens (primary N) is 1. The van der Waals surface area contributed by atoms with Crippen molar-refractivity contribution in [3.05, 3.63) is 95.6 Å². The summed E-state index contributed by atoms with van der Waals surface area (Å²) in [7, 11) is 0. The van der Waals surface area contributed by atoms with Crippen molar-refractivity contribution in [3.8, 4) is 0 Å². The predicted octanol–water partition coefficient (Wildman–Crippen LogP) is 4.68. The minimum atomic E-state index is -0.413. The fourth-order valence-electron chi connectivity index (χ4n) is 4.12. The van der Waals surface area contributed by atoms with Crippen LogP contribution in [0, 0.1) is 0 Å². The Bertz CT molecular complexity index is 1190. The summed E-state index contributed by atoms with van der Waals surface area (Å²) in [5.41, 5.74) is 11.4. The van der Waals surface area contributed by atoms with Gasteiger partial charge in [-0.3, -0.25) is 4.79 Å². The molecule has 0 spiro atoms. The lowest BCUT2D eigenvalue weighted by molar-refractivity contribution is -0.113. The molecule has 1 atom stereocenters. The Morgan fingerprint density at radius 3 is 2.24 bits per heavy atom. The lowest BCUT2D eigenvalue weighted by Gasteiger charge is -2.32. The molecule has 0 bridgehead atoms. The van der Waals surface area contributed by atoms with E-state index in [1.807, 2.05) is 30.3 Å². The van der Waals surface area contributed by atoms with E-state index >= 15 is 0 Å². The summed E-state index contributed by atoms with van der Waals surface area (Å²) >= 11 is 5.54. The normalized spacial score (nSPS) is 15.4. The molecule has 0 radical (unpaired) electrons. The summed E-state index contributed by atoms with van der Waals surface area (Å²) in [5.74, 6) is -0.219. The highest BCUT2D eigenvalue weighted by molar-refractivity contribution is 7.80. The highest BCUT2D eigenvalue weighted by Crippen LogP contribution is 2.33. The molecule has 1 heterocycles. The van der Waals surface area contributed by atoms with E-state index < -0.39 is 6.04 Å². The van der Waals surface area contributed by atoms with Gasteiger partial charge in [-0.1, -0.05) is 42.5 Å². The van der Waals surface area contributed by atoms with Gasteiger partial charge >= 0.3 is 0 Å². The van der Waals surface area contributed by atoms with Gasteiger partial charge in [-0.05, 0) is 73.6 Å². The molecule has 3 aromatic rings. The molecule has 0 saturated heterocycles. The number of thiocarbonyl (C=S) groups is 1. The summed E-state index contributed by atoms with van der Waals surface area (Å²) in [6.45, 7) is 6.13. The molecule has 174 valence electrons. The van der Waals surface area contributed by atoms with Gasteiger partial charge in [0.2, 0.25) is 0 Å². The van der Waals surface area contributed by atoms with Gasteiger partial charge in [0.25, 0.3) is 5.91 Å². The molecule has 1 aliphatic rings. The molecule has 0 saturated carbocycles. The Balaban J connectivity index is 1.77. The van der Waals surface area contributed by atoms with Crippen LogP contribution >= 0.6 is 12.2 Å². The third-order valence-electron chi connectivity index (χ3n) is 5.90. The van der Waals surface area contributed by atoms with Crippen molar-refractivity contribution >= 4 is 46.0 Å². The SMILES string of the molecule is CCN(CC)c1ccc(C2NC(=S)NC(c3ccccc3)=C2C(=O)Nc2ccc(N)cc2)cc1. The van der Waals surface area contributed by atoms with Gasteiger partial charge < -0.3 is 26.6 Å². The average molecular weight is 472 g/mol. The van der Waals surface area contributed by atoms with Gasteiger partial charge in [0, 0.05) is 30.2 Å². The molecule has 0 aliphatic carbocycles. The molecule has 6 nitrogen and oxygen atoms in total. The number of anilines is 3. The summed E-state index contributed by atoms with van der Waals surface area (Å²) in [6.07, 6.45) is 0. The van der Waals surface area contributed by atoms with Crippen LogP contribution in [0.3, 0.4) is 0 Å². The molecule has 4 rings (SSSR count). The van der Waals surface area contributed by atoms with E-state index in [1.165, 1.54) is 0 Å². The van der Waals surface area contributed by atoms with Crippen LogP contribution in [0.1, 0.15) is 31.0 Å². The number of benzene rings is 3. The van der Waals surface area contributed by atoms with Crippen molar-refractivity contribution in [1.82, 2.24) is 10.6 Å². The van der Waals surface area contributed by atoms with E-state index in [1.54, 1.807) is 24.3 Å². The molecule has 5 N–H and O–H groups in total.